The number of benzene rings is 3. The topological polar surface area (TPSA) is 99.3 Å². The third-order valence-corrected chi connectivity index (χ3v) is 4.92. The number of amides is 1. The maximum absolute atomic E-state index is 12.7. The quantitative estimate of drug-likeness (QED) is 0.343. The van der Waals surface area contributed by atoms with Gasteiger partial charge in [-0.25, -0.2) is 4.68 Å². The molecule has 32 heavy (non-hydrogen) atoms. The van der Waals surface area contributed by atoms with Gasteiger partial charge in [0.2, 0.25) is 0 Å². The maximum atomic E-state index is 12.7. The van der Waals surface area contributed by atoms with Crippen LogP contribution in [0.25, 0.3) is 16.9 Å². The summed E-state index contributed by atoms with van der Waals surface area (Å²) < 4.78 is 6.84. The lowest BCUT2D eigenvalue weighted by molar-refractivity contribution is -0.384. The van der Waals surface area contributed by atoms with Crippen LogP contribution in [-0.2, 0) is 0 Å². The first-order chi connectivity index (χ1) is 15.5. The number of rotatable bonds is 6. The van der Waals surface area contributed by atoms with Crippen molar-refractivity contribution in [3.63, 3.8) is 0 Å². The van der Waals surface area contributed by atoms with Gasteiger partial charge >= 0.3 is 0 Å². The Morgan fingerprint density at radius 1 is 1.03 bits per heavy atom. The van der Waals surface area contributed by atoms with E-state index in [-0.39, 0.29) is 11.4 Å². The highest BCUT2D eigenvalue weighted by molar-refractivity contribution is 6.05. The molecule has 0 aliphatic carbocycles. The van der Waals surface area contributed by atoms with E-state index in [1.165, 1.54) is 19.2 Å². The predicted molar refractivity (Wildman–Crippen MR) is 121 cm³/mol. The van der Waals surface area contributed by atoms with E-state index in [1.807, 2.05) is 48.0 Å². The summed E-state index contributed by atoms with van der Waals surface area (Å²) in [5.41, 5.74) is 3.86. The number of carbonyl (C=O) groups excluding carboxylic acids is 1. The van der Waals surface area contributed by atoms with Gasteiger partial charge < -0.3 is 10.1 Å². The van der Waals surface area contributed by atoms with Gasteiger partial charge in [0.25, 0.3) is 11.6 Å². The molecule has 0 unspecified atom stereocenters. The molecule has 0 saturated heterocycles. The van der Waals surface area contributed by atoms with Crippen molar-refractivity contribution in [2.75, 3.05) is 12.4 Å². The average Bonchev–Trinajstić information content (AvgIpc) is 3.21. The number of methoxy groups -OCH3 is 1. The van der Waals surface area contributed by atoms with Crippen LogP contribution in [0.3, 0.4) is 0 Å². The SMILES string of the molecule is COc1ccc(NC(=O)c2ccc(-n3nc(C)cc3-c3ccccc3)cc2)c([N+](=O)[O-])c1. The first-order valence-electron chi connectivity index (χ1n) is 9.82. The fraction of sp³-hybridized carbons (Fsp3) is 0.0833. The van der Waals surface area contributed by atoms with Gasteiger partial charge in [0.15, 0.2) is 0 Å². The predicted octanol–water partition coefficient (Wildman–Crippen LogP) is 5.02. The molecule has 0 aliphatic rings. The largest absolute Gasteiger partial charge is 0.496 e. The zero-order chi connectivity index (χ0) is 22.7. The van der Waals surface area contributed by atoms with Crippen LogP contribution in [0.15, 0.2) is 78.9 Å². The van der Waals surface area contributed by atoms with Gasteiger partial charge in [0, 0.05) is 11.1 Å². The van der Waals surface area contributed by atoms with Crippen molar-refractivity contribution in [3.05, 3.63) is 100 Å². The molecule has 0 atom stereocenters. The Hall–Kier alpha value is -4.46. The van der Waals surface area contributed by atoms with Crippen LogP contribution in [0.5, 0.6) is 5.75 Å². The molecule has 1 amide bonds. The minimum Gasteiger partial charge on any atom is -0.496 e. The molecule has 0 spiro atoms. The van der Waals surface area contributed by atoms with Crippen LogP contribution >= 0.6 is 0 Å². The first kappa shape index (κ1) is 20.8. The molecular formula is C24H20N4O4. The second-order valence-corrected chi connectivity index (χ2v) is 7.09. The van der Waals surface area contributed by atoms with E-state index in [9.17, 15) is 14.9 Å². The van der Waals surface area contributed by atoms with Crippen LogP contribution in [-0.4, -0.2) is 27.7 Å². The molecule has 4 rings (SSSR count). The van der Waals surface area contributed by atoms with Crippen LogP contribution in [0.4, 0.5) is 11.4 Å². The standard InChI is InChI=1S/C24H20N4O4/c1-16-14-22(17-6-4-3-5-7-17)27(26-16)19-10-8-18(9-11-19)24(29)25-21-13-12-20(32-2)15-23(21)28(30)31/h3-15H,1-2H3,(H,25,29). The van der Waals surface area contributed by atoms with Crippen molar-refractivity contribution in [2.45, 2.75) is 6.92 Å². The van der Waals surface area contributed by atoms with Gasteiger partial charge in [-0.05, 0) is 49.4 Å². The Balaban J connectivity index is 1.59. The van der Waals surface area contributed by atoms with Gasteiger partial charge in [0.1, 0.15) is 11.4 Å². The van der Waals surface area contributed by atoms with Crippen LogP contribution in [0, 0.1) is 17.0 Å². The van der Waals surface area contributed by atoms with Crippen molar-refractivity contribution >= 4 is 17.3 Å². The van der Waals surface area contributed by atoms with Gasteiger partial charge in [-0.2, -0.15) is 5.10 Å². The summed E-state index contributed by atoms with van der Waals surface area (Å²) in [6.07, 6.45) is 0. The summed E-state index contributed by atoms with van der Waals surface area (Å²) in [6.45, 7) is 1.92. The maximum Gasteiger partial charge on any atom is 0.296 e. The van der Waals surface area contributed by atoms with Gasteiger partial charge in [-0.3, -0.25) is 14.9 Å². The number of carbonyl (C=O) groups is 1. The van der Waals surface area contributed by atoms with E-state index >= 15 is 0 Å². The van der Waals surface area contributed by atoms with E-state index < -0.39 is 10.8 Å². The zero-order valence-corrected chi connectivity index (χ0v) is 17.5. The number of hydrogen-bond acceptors (Lipinski definition) is 5. The number of nitrogens with one attached hydrogen (secondary N) is 1. The monoisotopic (exact) mass is 428 g/mol. The Morgan fingerprint density at radius 3 is 2.41 bits per heavy atom. The number of ether oxygens (including phenoxy) is 1. The highest BCUT2D eigenvalue weighted by atomic mass is 16.6. The summed E-state index contributed by atoms with van der Waals surface area (Å²) in [7, 11) is 1.42. The molecule has 3 aromatic carbocycles. The minimum absolute atomic E-state index is 0.0962. The molecule has 160 valence electrons. The van der Waals surface area contributed by atoms with Crippen molar-refractivity contribution in [1.29, 1.82) is 0 Å². The van der Waals surface area contributed by atoms with Crippen LogP contribution in [0.1, 0.15) is 16.1 Å². The molecule has 0 fully saturated rings. The highest BCUT2D eigenvalue weighted by Gasteiger charge is 2.18. The summed E-state index contributed by atoms with van der Waals surface area (Å²) in [4.78, 5) is 23.5. The van der Waals surface area contributed by atoms with E-state index in [0.717, 1.165) is 22.6 Å². The summed E-state index contributed by atoms with van der Waals surface area (Å²) >= 11 is 0. The van der Waals surface area contributed by atoms with Crippen molar-refractivity contribution in [1.82, 2.24) is 9.78 Å². The molecule has 1 aromatic heterocycles. The minimum atomic E-state index is -0.563. The van der Waals surface area contributed by atoms with E-state index in [2.05, 4.69) is 10.4 Å². The van der Waals surface area contributed by atoms with Crippen LogP contribution in [0.2, 0.25) is 0 Å². The Morgan fingerprint density at radius 2 is 1.75 bits per heavy atom. The molecular weight excluding hydrogens is 408 g/mol. The molecule has 0 bridgehead atoms. The molecule has 1 heterocycles. The second kappa shape index (κ2) is 8.73. The number of nitro groups is 1. The zero-order valence-electron chi connectivity index (χ0n) is 17.5. The number of hydrogen-bond donors (Lipinski definition) is 1. The summed E-state index contributed by atoms with van der Waals surface area (Å²) in [6, 6.07) is 23.1. The van der Waals surface area contributed by atoms with E-state index in [4.69, 9.17) is 4.74 Å². The molecule has 4 aromatic rings. The lowest BCUT2D eigenvalue weighted by Gasteiger charge is -2.10. The van der Waals surface area contributed by atoms with Gasteiger partial charge in [-0.15, -0.1) is 0 Å². The number of aromatic nitrogens is 2. The second-order valence-electron chi connectivity index (χ2n) is 7.09. The van der Waals surface area contributed by atoms with Gasteiger partial charge in [0.05, 0.1) is 35.2 Å². The van der Waals surface area contributed by atoms with Crippen molar-refractivity contribution < 1.29 is 14.5 Å². The third-order valence-electron chi connectivity index (χ3n) is 4.92. The van der Waals surface area contributed by atoms with E-state index in [1.54, 1.807) is 30.3 Å². The van der Waals surface area contributed by atoms with Crippen molar-refractivity contribution in [3.8, 4) is 22.7 Å². The molecule has 0 aliphatic heterocycles. The Bertz CT molecular complexity index is 1280. The first-order valence-corrected chi connectivity index (χ1v) is 9.82. The smallest absolute Gasteiger partial charge is 0.296 e. The van der Waals surface area contributed by atoms with Crippen LogP contribution < -0.4 is 10.1 Å². The fourth-order valence-corrected chi connectivity index (χ4v) is 3.35. The van der Waals surface area contributed by atoms with Crippen molar-refractivity contribution in [2.24, 2.45) is 0 Å². The van der Waals surface area contributed by atoms with Gasteiger partial charge in [-0.1, -0.05) is 30.3 Å². The molecule has 1 N–H and O–H groups in total. The Kier molecular flexibility index (Phi) is 5.67. The molecule has 8 heteroatoms. The molecule has 0 saturated carbocycles. The summed E-state index contributed by atoms with van der Waals surface area (Å²) in [5.74, 6) is -0.118. The number of aryl methyl sites for hydroxylation is 1. The average molecular weight is 428 g/mol. The lowest BCUT2D eigenvalue weighted by atomic mass is 10.1. The van der Waals surface area contributed by atoms with E-state index in [0.29, 0.717) is 11.3 Å². The number of anilines is 1. The number of nitro benzene ring substituents is 1. The molecule has 0 radical (unpaired) electrons. The fourth-order valence-electron chi connectivity index (χ4n) is 3.35. The Labute approximate surface area is 184 Å². The normalized spacial score (nSPS) is 10.6. The third kappa shape index (κ3) is 4.20. The lowest BCUT2D eigenvalue weighted by Crippen LogP contribution is -2.13. The molecule has 8 nitrogen and oxygen atoms in total. The summed E-state index contributed by atoms with van der Waals surface area (Å²) in [5, 5.41) is 18.5. The highest BCUT2D eigenvalue weighted by Crippen LogP contribution is 2.29. The number of nitrogens with zero attached hydrogens (tertiary/aromatic N) is 3.